The Kier molecular flexibility index (Phi) is 5.12. The van der Waals surface area contributed by atoms with Gasteiger partial charge >= 0.3 is 0 Å². The molecule has 2 aliphatic heterocycles. The number of amides is 1. The summed E-state index contributed by atoms with van der Waals surface area (Å²) in [7, 11) is -2.59. The van der Waals surface area contributed by atoms with Crippen LogP contribution in [-0.4, -0.2) is 79.7 Å². The number of rotatable bonds is 5. The molecule has 0 spiro atoms. The van der Waals surface area contributed by atoms with Crippen molar-refractivity contribution < 1.29 is 22.0 Å². The molecule has 1 atom stereocenters. The maximum Gasteiger partial charge on any atom is 0.276 e. The van der Waals surface area contributed by atoms with Crippen molar-refractivity contribution in [3.8, 4) is 0 Å². The van der Waals surface area contributed by atoms with Crippen LogP contribution in [0, 0.1) is 6.92 Å². The van der Waals surface area contributed by atoms with E-state index in [2.05, 4.69) is 15.3 Å². The van der Waals surface area contributed by atoms with E-state index in [4.69, 9.17) is 0 Å². The highest BCUT2D eigenvalue weighted by Gasteiger charge is 2.51. The molecule has 13 heteroatoms. The van der Waals surface area contributed by atoms with Gasteiger partial charge in [-0.25, -0.2) is 22.2 Å². The maximum absolute atomic E-state index is 14.2. The summed E-state index contributed by atoms with van der Waals surface area (Å²) in [5.41, 5.74) is 0.122. The molecule has 0 bridgehead atoms. The average Bonchev–Trinajstić information content (AvgIpc) is 3.43. The summed E-state index contributed by atoms with van der Waals surface area (Å²) in [6.45, 7) is 1.86. The van der Waals surface area contributed by atoms with Gasteiger partial charge in [-0.15, -0.1) is 5.10 Å². The van der Waals surface area contributed by atoms with E-state index in [1.54, 1.807) is 18.9 Å². The van der Waals surface area contributed by atoms with E-state index in [0.29, 0.717) is 18.9 Å². The molecule has 2 saturated heterocycles. The van der Waals surface area contributed by atoms with E-state index < -0.39 is 35.0 Å². The highest BCUT2D eigenvalue weighted by atomic mass is 32.2. The summed E-state index contributed by atoms with van der Waals surface area (Å²) in [5.74, 6) is -2.97. The first-order valence-electron chi connectivity index (χ1n) is 9.66. The highest BCUT2D eigenvalue weighted by Crippen LogP contribution is 2.36. The molecule has 2 aromatic heterocycles. The SMILES string of the molecule is Cc1nc(S(=O)(=O)N2CC(F)(F)C[C@H]2Cn2cc(C(=O)N3CCCC3)nn2)cn1C. The first-order valence-corrected chi connectivity index (χ1v) is 11.1. The Morgan fingerprint density at radius 2 is 1.97 bits per heavy atom. The van der Waals surface area contributed by atoms with Crippen LogP contribution in [-0.2, 0) is 23.6 Å². The predicted octanol–water partition coefficient (Wildman–Crippen LogP) is 0.655. The molecule has 0 aliphatic carbocycles. The first-order chi connectivity index (χ1) is 14.1. The van der Waals surface area contributed by atoms with Crippen molar-refractivity contribution in [1.29, 1.82) is 0 Å². The predicted molar refractivity (Wildman–Crippen MR) is 100 cm³/mol. The summed E-state index contributed by atoms with van der Waals surface area (Å²) < 4.78 is 57.9. The van der Waals surface area contributed by atoms with Crippen LogP contribution in [0.2, 0.25) is 0 Å². The van der Waals surface area contributed by atoms with E-state index in [9.17, 15) is 22.0 Å². The largest absolute Gasteiger partial charge is 0.337 e. The molecule has 4 heterocycles. The van der Waals surface area contributed by atoms with Crippen LogP contribution in [0.25, 0.3) is 0 Å². The second-order valence-corrected chi connectivity index (χ2v) is 9.66. The lowest BCUT2D eigenvalue weighted by atomic mass is 10.2. The van der Waals surface area contributed by atoms with Crippen molar-refractivity contribution in [3.63, 3.8) is 0 Å². The van der Waals surface area contributed by atoms with E-state index in [1.165, 1.54) is 21.6 Å². The lowest BCUT2D eigenvalue weighted by Crippen LogP contribution is -2.39. The lowest BCUT2D eigenvalue weighted by molar-refractivity contribution is 0.0168. The molecular formula is C17H23F2N7O3S. The number of carbonyl (C=O) groups excluding carboxylic acids is 1. The molecule has 0 aromatic carbocycles. The van der Waals surface area contributed by atoms with Gasteiger partial charge in [-0.1, -0.05) is 5.21 Å². The van der Waals surface area contributed by atoms with E-state index >= 15 is 0 Å². The van der Waals surface area contributed by atoms with Gasteiger partial charge in [0.1, 0.15) is 5.82 Å². The molecule has 4 rings (SSSR count). The fraction of sp³-hybridized carbons (Fsp3) is 0.647. The van der Waals surface area contributed by atoms with E-state index in [1.807, 2.05) is 0 Å². The van der Waals surface area contributed by atoms with Crippen molar-refractivity contribution >= 4 is 15.9 Å². The molecule has 164 valence electrons. The summed E-state index contributed by atoms with van der Waals surface area (Å²) in [6.07, 6.45) is 3.90. The van der Waals surface area contributed by atoms with Gasteiger partial charge in [-0.2, -0.15) is 4.31 Å². The van der Waals surface area contributed by atoms with Crippen LogP contribution in [0.1, 0.15) is 35.6 Å². The minimum Gasteiger partial charge on any atom is -0.337 e. The summed E-state index contributed by atoms with van der Waals surface area (Å²) in [6, 6.07) is -1.04. The number of hydrogen-bond acceptors (Lipinski definition) is 6. The van der Waals surface area contributed by atoms with Gasteiger partial charge in [-0.3, -0.25) is 9.48 Å². The Morgan fingerprint density at radius 1 is 1.27 bits per heavy atom. The second-order valence-electron chi connectivity index (χ2n) is 7.83. The number of sulfonamides is 1. The van der Waals surface area contributed by atoms with Gasteiger partial charge in [0.2, 0.25) is 0 Å². The normalized spacial score (nSPS) is 22.1. The second kappa shape index (κ2) is 7.38. The zero-order chi connectivity index (χ0) is 21.7. The summed E-state index contributed by atoms with van der Waals surface area (Å²) in [5, 5.41) is 7.44. The molecular weight excluding hydrogens is 420 g/mol. The van der Waals surface area contributed by atoms with Crippen LogP contribution in [0.3, 0.4) is 0 Å². The third kappa shape index (κ3) is 3.83. The Hall–Kier alpha value is -2.41. The van der Waals surface area contributed by atoms with Gasteiger partial charge in [0.05, 0.1) is 25.3 Å². The number of carbonyl (C=O) groups is 1. The molecule has 2 fully saturated rings. The number of aromatic nitrogens is 5. The molecule has 0 N–H and O–H groups in total. The summed E-state index contributed by atoms with van der Waals surface area (Å²) in [4.78, 5) is 18.1. The lowest BCUT2D eigenvalue weighted by Gasteiger charge is -2.21. The smallest absolute Gasteiger partial charge is 0.276 e. The molecule has 1 amide bonds. The van der Waals surface area contributed by atoms with Gasteiger partial charge in [0.25, 0.3) is 21.9 Å². The number of alkyl halides is 2. The zero-order valence-electron chi connectivity index (χ0n) is 16.7. The Bertz CT molecular complexity index is 1040. The average molecular weight is 443 g/mol. The minimum absolute atomic E-state index is 0.122. The fourth-order valence-electron chi connectivity index (χ4n) is 3.86. The van der Waals surface area contributed by atoms with Crippen molar-refractivity contribution in [1.82, 2.24) is 33.8 Å². The molecule has 2 aromatic rings. The Morgan fingerprint density at radius 3 is 2.60 bits per heavy atom. The quantitative estimate of drug-likeness (QED) is 0.672. The zero-order valence-corrected chi connectivity index (χ0v) is 17.5. The molecule has 0 saturated carbocycles. The number of likely N-dealkylation sites (tertiary alicyclic amines) is 1. The molecule has 0 radical (unpaired) electrons. The van der Waals surface area contributed by atoms with E-state index in [-0.39, 0.29) is 23.2 Å². The van der Waals surface area contributed by atoms with E-state index in [0.717, 1.165) is 17.1 Å². The molecule has 0 unspecified atom stereocenters. The van der Waals surface area contributed by atoms with Crippen molar-refractivity contribution in [2.75, 3.05) is 19.6 Å². The van der Waals surface area contributed by atoms with Crippen molar-refractivity contribution in [2.24, 2.45) is 7.05 Å². The van der Waals surface area contributed by atoms with Crippen LogP contribution < -0.4 is 0 Å². The van der Waals surface area contributed by atoms with Crippen LogP contribution >= 0.6 is 0 Å². The first kappa shape index (κ1) is 20.8. The number of aryl methyl sites for hydroxylation is 2. The number of imidazole rings is 1. The number of nitrogens with zero attached hydrogens (tertiary/aromatic N) is 7. The van der Waals surface area contributed by atoms with Crippen molar-refractivity contribution in [2.45, 2.75) is 49.7 Å². The standard InChI is InChI=1S/C17H23F2N7O3S/c1-12-20-15(10-23(12)2)30(28,29)26-11-17(18,19)7-13(26)8-25-9-14(21-22-25)16(27)24-5-3-4-6-24/h9-10,13H,3-8,11H2,1-2H3/t13-/m0/s1. The third-order valence-corrected chi connectivity index (χ3v) is 7.31. The van der Waals surface area contributed by atoms with Gasteiger partial charge in [-0.05, 0) is 19.8 Å². The van der Waals surface area contributed by atoms with Crippen LogP contribution in [0.15, 0.2) is 17.4 Å². The maximum atomic E-state index is 14.2. The van der Waals surface area contributed by atoms with Gasteiger partial charge in [0, 0.05) is 32.8 Å². The highest BCUT2D eigenvalue weighted by molar-refractivity contribution is 7.89. The minimum atomic E-state index is -4.22. The fourth-order valence-corrected chi connectivity index (χ4v) is 5.53. The molecule has 10 nitrogen and oxygen atoms in total. The van der Waals surface area contributed by atoms with Crippen LogP contribution in [0.4, 0.5) is 8.78 Å². The number of hydrogen-bond donors (Lipinski definition) is 0. The Balaban J connectivity index is 1.56. The number of halogens is 2. The third-order valence-electron chi connectivity index (χ3n) is 5.54. The van der Waals surface area contributed by atoms with Crippen molar-refractivity contribution in [3.05, 3.63) is 23.9 Å². The van der Waals surface area contributed by atoms with Gasteiger partial charge in [0.15, 0.2) is 10.7 Å². The summed E-state index contributed by atoms with van der Waals surface area (Å²) >= 11 is 0. The van der Waals surface area contributed by atoms with Crippen LogP contribution in [0.5, 0.6) is 0 Å². The Labute approximate surface area is 172 Å². The monoisotopic (exact) mass is 443 g/mol. The molecule has 2 aliphatic rings. The molecule has 30 heavy (non-hydrogen) atoms. The topological polar surface area (TPSA) is 106 Å². The van der Waals surface area contributed by atoms with Gasteiger partial charge < -0.3 is 9.47 Å².